The van der Waals surface area contributed by atoms with Crippen molar-refractivity contribution in [2.45, 2.75) is 19.4 Å². The van der Waals surface area contributed by atoms with Gasteiger partial charge in [-0.05, 0) is 20.4 Å². The first-order valence-electron chi connectivity index (χ1n) is 8.85. The van der Waals surface area contributed by atoms with Crippen molar-refractivity contribution in [3.05, 3.63) is 27.7 Å². The number of fused-ring (bicyclic) bond motifs is 2. The number of halogens is 2. The number of hydrogen-bond acceptors (Lipinski definition) is 5. The van der Waals surface area contributed by atoms with E-state index in [4.69, 9.17) is 0 Å². The molecule has 1 unspecified atom stereocenters. The quantitative estimate of drug-likeness (QED) is 0.710. The number of hydrogen-bond donors (Lipinski definition) is 0. The van der Waals surface area contributed by atoms with Crippen LogP contribution in [0.25, 0.3) is 10.9 Å². The number of nitrogens with zero attached hydrogens (tertiary/aromatic N) is 5. The summed E-state index contributed by atoms with van der Waals surface area (Å²) >= 11 is 0. The molecule has 0 N–H and O–H groups in total. The maximum atomic E-state index is 15.1. The Balaban J connectivity index is 2.14. The van der Waals surface area contributed by atoms with Crippen molar-refractivity contribution in [3.8, 4) is 0 Å². The highest BCUT2D eigenvalue weighted by Crippen LogP contribution is 2.40. The average molecular weight is 363 g/mol. The van der Waals surface area contributed by atoms with Crippen LogP contribution in [0.4, 0.5) is 20.3 Å². The number of aromatic nitrogens is 2. The lowest BCUT2D eigenvalue weighted by Crippen LogP contribution is -2.54. The minimum Gasteiger partial charge on any atom is -0.371 e. The van der Waals surface area contributed by atoms with E-state index in [1.165, 1.54) is 18.5 Å². The molecular weight excluding hydrogens is 340 g/mol. The second-order valence-electron chi connectivity index (χ2n) is 7.42. The second kappa shape index (κ2) is 5.90. The molecule has 0 amide bonds. The van der Waals surface area contributed by atoms with Gasteiger partial charge in [0.25, 0.3) is 0 Å². The fourth-order valence-electron chi connectivity index (χ4n) is 4.18. The van der Waals surface area contributed by atoms with Crippen molar-refractivity contribution in [3.63, 3.8) is 0 Å². The number of rotatable bonds is 0. The lowest BCUT2D eigenvalue weighted by molar-refractivity contribution is 0.260. The van der Waals surface area contributed by atoms with Gasteiger partial charge in [-0.25, -0.2) is 13.6 Å². The van der Waals surface area contributed by atoms with Crippen LogP contribution in [0, 0.1) is 18.6 Å². The summed E-state index contributed by atoms with van der Waals surface area (Å²) in [6.07, 6.45) is 0.814. The van der Waals surface area contributed by atoms with E-state index in [9.17, 15) is 9.18 Å². The predicted molar refractivity (Wildman–Crippen MR) is 98.2 cm³/mol. The summed E-state index contributed by atoms with van der Waals surface area (Å²) in [7, 11) is 5.36. The maximum Gasteiger partial charge on any atom is 0.349 e. The van der Waals surface area contributed by atoms with Crippen molar-refractivity contribution in [1.82, 2.24) is 14.5 Å². The van der Waals surface area contributed by atoms with Gasteiger partial charge < -0.3 is 14.7 Å². The zero-order chi connectivity index (χ0) is 18.7. The predicted octanol–water partition coefficient (Wildman–Crippen LogP) is 1.48. The molecule has 0 bridgehead atoms. The summed E-state index contributed by atoms with van der Waals surface area (Å²) in [5.41, 5.74) is -0.138. The number of aryl methyl sites for hydroxylation is 1. The van der Waals surface area contributed by atoms with Gasteiger partial charge in [-0.3, -0.25) is 4.57 Å². The molecule has 3 heterocycles. The molecule has 1 aromatic heterocycles. The molecule has 2 aromatic rings. The van der Waals surface area contributed by atoms with Gasteiger partial charge in [0.15, 0.2) is 11.6 Å². The van der Waals surface area contributed by atoms with Gasteiger partial charge in [0.05, 0.1) is 16.6 Å². The van der Waals surface area contributed by atoms with Gasteiger partial charge in [-0.1, -0.05) is 0 Å². The Labute approximate surface area is 150 Å². The molecule has 4 rings (SSSR count). The summed E-state index contributed by atoms with van der Waals surface area (Å²) in [5.74, 6) is -0.864. The van der Waals surface area contributed by atoms with Crippen molar-refractivity contribution < 1.29 is 8.78 Å². The molecule has 140 valence electrons. The number of benzene rings is 1. The fourth-order valence-corrected chi connectivity index (χ4v) is 4.18. The van der Waals surface area contributed by atoms with Crippen LogP contribution in [0.1, 0.15) is 12.0 Å². The van der Waals surface area contributed by atoms with Crippen molar-refractivity contribution in [1.29, 1.82) is 0 Å². The summed E-state index contributed by atoms with van der Waals surface area (Å²) in [4.78, 5) is 22.8. The molecular formula is C18H23F2N5O. The molecule has 0 saturated carbocycles. The third-order valence-electron chi connectivity index (χ3n) is 5.73. The lowest BCUT2D eigenvalue weighted by atomic mass is 10.0. The van der Waals surface area contributed by atoms with E-state index in [0.717, 1.165) is 19.5 Å². The molecule has 1 fully saturated rings. The summed E-state index contributed by atoms with van der Waals surface area (Å²) in [5, 5.41) is 0.393. The Kier molecular flexibility index (Phi) is 3.91. The van der Waals surface area contributed by atoms with E-state index in [-0.39, 0.29) is 17.1 Å². The van der Waals surface area contributed by atoms with Gasteiger partial charge in [-0.2, -0.15) is 4.98 Å². The first-order valence-corrected chi connectivity index (χ1v) is 8.85. The number of likely N-dealkylation sites (N-methyl/N-ethyl adjacent to an activating group) is 1. The molecule has 6 nitrogen and oxygen atoms in total. The van der Waals surface area contributed by atoms with E-state index in [2.05, 4.69) is 21.8 Å². The van der Waals surface area contributed by atoms with Crippen LogP contribution in [0.15, 0.2) is 4.79 Å². The van der Waals surface area contributed by atoms with Gasteiger partial charge in [0.1, 0.15) is 5.82 Å². The van der Waals surface area contributed by atoms with E-state index < -0.39 is 17.3 Å². The normalized spacial score (nSPS) is 20.9. The molecule has 0 aliphatic carbocycles. The minimum absolute atomic E-state index is 0.0676. The Morgan fingerprint density at radius 3 is 2.54 bits per heavy atom. The van der Waals surface area contributed by atoms with Crippen LogP contribution < -0.4 is 15.5 Å². The van der Waals surface area contributed by atoms with Crippen molar-refractivity contribution in [2.24, 2.45) is 7.05 Å². The number of anilines is 2. The Morgan fingerprint density at radius 1 is 1.08 bits per heavy atom. The van der Waals surface area contributed by atoms with Crippen LogP contribution in [0.5, 0.6) is 0 Å². The SMILES string of the molecule is Cc1c(F)c2c3c(nc(=O)n(C)c3c1F)N1CCN(C)CC1CCN2C. The number of piperazine rings is 1. The molecule has 0 spiro atoms. The molecule has 2 aliphatic rings. The van der Waals surface area contributed by atoms with E-state index >= 15 is 4.39 Å². The van der Waals surface area contributed by atoms with E-state index in [0.29, 0.717) is 30.0 Å². The molecule has 1 aromatic carbocycles. The topological polar surface area (TPSA) is 44.6 Å². The van der Waals surface area contributed by atoms with Crippen molar-refractivity contribution >= 4 is 22.4 Å². The largest absolute Gasteiger partial charge is 0.371 e. The Morgan fingerprint density at radius 2 is 1.81 bits per heavy atom. The van der Waals surface area contributed by atoms with Crippen LogP contribution in [-0.2, 0) is 7.05 Å². The molecule has 26 heavy (non-hydrogen) atoms. The van der Waals surface area contributed by atoms with Gasteiger partial charge in [-0.15, -0.1) is 0 Å². The minimum atomic E-state index is -0.691. The molecule has 8 heteroatoms. The highest BCUT2D eigenvalue weighted by atomic mass is 19.1. The average Bonchev–Trinajstić information content (AvgIpc) is 2.60. The van der Waals surface area contributed by atoms with Crippen molar-refractivity contribution in [2.75, 3.05) is 50.1 Å². The summed E-state index contributed by atoms with van der Waals surface area (Å²) in [6.45, 7) is 4.39. The molecule has 0 radical (unpaired) electrons. The molecule has 1 atom stereocenters. The second-order valence-corrected chi connectivity index (χ2v) is 7.42. The molecule has 2 aliphatic heterocycles. The smallest absolute Gasteiger partial charge is 0.349 e. The highest BCUT2D eigenvalue weighted by molar-refractivity contribution is 6.02. The van der Waals surface area contributed by atoms with Gasteiger partial charge in [0.2, 0.25) is 0 Å². The zero-order valence-electron chi connectivity index (χ0n) is 15.5. The van der Waals surface area contributed by atoms with E-state index in [1.807, 2.05) is 11.9 Å². The van der Waals surface area contributed by atoms with Crippen LogP contribution in [0.2, 0.25) is 0 Å². The third kappa shape index (κ3) is 2.31. The van der Waals surface area contributed by atoms with Crippen LogP contribution in [-0.4, -0.2) is 60.8 Å². The van der Waals surface area contributed by atoms with Crippen LogP contribution in [0.3, 0.4) is 0 Å². The first kappa shape index (κ1) is 17.2. The van der Waals surface area contributed by atoms with E-state index in [1.54, 1.807) is 0 Å². The summed E-state index contributed by atoms with van der Waals surface area (Å²) in [6, 6.07) is 0.152. The standard InChI is InChI=1S/C18H23F2N5O/c1-10-13(19)15-12-16(14(10)20)24(4)18(26)21-17(12)25-8-7-22(2)9-11(25)5-6-23(15)3/h11H,5-9H2,1-4H3. The van der Waals surface area contributed by atoms with Crippen LogP contribution >= 0.6 is 0 Å². The maximum absolute atomic E-state index is 15.1. The zero-order valence-corrected chi connectivity index (χ0v) is 15.5. The summed E-state index contributed by atoms with van der Waals surface area (Å²) < 4.78 is 31.2. The van der Waals surface area contributed by atoms with Gasteiger partial charge in [0, 0.05) is 51.9 Å². The van der Waals surface area contributed by atoms with Gasteiger partial charge >= 0.3 is 5.69 Å². The lowest BCUT2D eigenvalue weighted by Gasteiger charge is -2.43. The first-order chi connectivity index (χ1) is 12.3. The third-order valence-corrected chi connectivity index (χ3v) is 5.73. The highest BCUT2D eigenvalue weighted by Gasteiger charge is 2.34. The Bertz CT molecular complexity index is 957. The molecule has 1 saturated heterocycles. The monoisotopic (exact) mass is 363 g/mol. The Hall–Kier alpha value is -2.22. The fraction of sp³-hybridized carbons (Fsp3) is 0.556.